The Labute approximate surface area is 86.0 Å². The molecule has 1 fully saturated rings. The van der Waals surface area contributed by atoms with Crippen LogP contribution in [0, 0.1) is 5.41 Å². The van der Waals surface area contributed by atoms with E-state index in [4.69, 9.17) is 0 Å². The van der Waals surface area contributed by atoms with E-state index in [1.165, 1.54) is 0 Å². The third-order valence-corrected chi connectivity index (χ3v) is 3.04. The number of amides is 1. The van der Waals surface area contributed by atoms with Gasteiger partial charge in [-0.1, -0.05) is 13.0 Å². The van der Waals surface area contributed by atoms with Crippen molar-refractivity contribution in [1.29, 1.82) is 0 Å². The van der Waals surface area contributed by atoms with Crippen LogP contribution in [0.15, 0.2) is 12.7 Å². The molecule has 0 aromatic heterocycles. The normalized spacial score (nSPS) is 26.9. The van der Waals surface area contributed by atoms with Gasteiger partial charge in [0.2, 0.25) is 5.91 Å². The Kier molecular flexibility index (Phi) is 4.14. The van der Waals surface area contributed by atoms with Gasteiger partial charge in [-0.2, -0.15) is 0 Å². The average Bonchev–Trinajstić information content (AvgIpc) is 2.26. The number of hydrogen-bond acceptors (Lipinski definition) is 2. The van der Waals surface area contributed by atoms with Gasteiger partial charge in [0.15, 0.2) is 0 Å². The van der Waals surface area contributed by atoms with Gasteiger partial charge in [0.25, 0.3) is 0 Å². The molecular formula is C11H20N2O. The van der Waals surface area contributed by atoms with Crippen LogP contribution in [0.5, 0.6) is 0 Å². The first-order valence-electron chi connectivity index (χ1n) is 5.35. The van der Waals surface area contributed by atoms with Crippen molar-refractivity contribution in [2.45, 2.75) is 26.2 Å². The van der Waals surface area contributed by atoms with Crippen LogP contribution in [0.25, 0.3) is 0 Å². The fourth-order valence-electron chi connectivity index (χ4n) is 1.98. The lowest BCUT2D eigenvalue weighted by Crippen LogP contribution is -2.50. The zero-order valence-corrected chi connectivity index (χ0v) is 8.94. The second-order valence-corrected chi connectivity index (χ2v) is 3.91. The van der Waals surface area contributed by atoms with Crippen molar-refractivity contribution in [2.24, 2.45) is 5.41 Å². The van der Waals surface area contributed by atoms with E-state index >= 15 is 0 Å². The van der Waals surface area contributed by atoms with E-state index in [1.807, 2.05) is 0 Å². The number of carbonyl (C=O) groups is 1. The summed E-state index contributed by atoms with van der Waals surface area (Å²) in [6, 6.07) is 0. The molecule has 1 heterocycles. The van der Waals surface area contributed by atoms with Gasteiger partial charge in [0, 0.05) is 13.1 Å². The van der Waals surface area contributed by atoms with Gasteiger partial charge in [0.05, 0.1) is 5.41 Å². The van der Waals surface area contributed by atoms with Crippen LogP contribution in [-0.2, 0) is 4.79 Å². The molecule has 0 aromatic rings. The molecule has 3 heteroatoms. The molecule has 0 aliphatic carbocycles. The summed E-state index contributed by atoms with van der Waals surface area (Å²) in [5.74, 6) is 0.173. The van der Waals surface area contributed by atoms with Crippen molar-refractivity contribution in [1.82, 2.24) is 10.6 Å². The highest BCUT2D eigenvalue weighted by Gasteiger charge is 2.37. The van der Waals surface area contributed by atoms with Crippen LogP contribution in [0.3, 0.4) is 0 Å². The monoisotopic (exact) mass is 196 g/mol. The van der Waals surface area contributed by atoms with Gasteiger partial charge in [-0.25, -0.2) is 0 Å². The molecule has 0 spiro atoms. The summed E-state index contributed by atoms with van der Waals surface area (Å²) >= 11 is 0. The molecule has 1 unspecified atom stereocenters. The van der Waals surface area contributed by atoms with Gasteiger partial charge in [0.1, 0.15) is 0 Å². The summed E-state index contributed by atoms with van der Waals surface area (Å²) in [6.07, 6.45) is 4.72. The van der Waals surface area contributed by atoms with Crippen molar-refractivity contribution in [2.75, 3.05) is 19.6 Å². The van der Waals surface area contributed by atoms with Gasteiger partial charge in [-0.05, 0) is 25.8 Å². The Morgan fingerprint density at radius 2 is 2.50 bits per heavy atom. The summed E-state index contributed by atoms with van der Waals surface area (Å²) < 4.78 is 0. The predicted octanol–water partition coefficient (Wildman–Crippen LogP) is 1.07. The zero-order valence-electron chi connectivity index (χ0n) is 8.94. The number of piperidine rings is 1. The van der Waals surface area contributed by atoms with Crippen molar-refractivity contribution in [3.05, 3.63) is 12.7 Å². The van der Waals surface area contributed by atoms with E-state index in [1.54, 1.807) is 6.08 Å². The molecule has 1 atom stereocenters. The van der Waals surface area contributed by atoms with E-state index in [9.17, 15) is 4.79 Å². The predicted molar refractivity (Wildman–Crippen MR) is 58.0 cm³/mol. The minimum Gasteiger partial charge on any atom is -0.352 e. The topological polar surface area (TPSA) is 41.1 Å². The van der Waals surface area contributed by atoms with Crippen molar-refractivity contribution >= 4 is 5.91 Å². The molecule has 0 bridgehead atoms. The second-order valence-electron chi connectivity index (χ2n) is 3.91. The van der Waals surface area contributed by atoms with Gasteiger partial charge < -0.3 is 10.6 Å². The van der Waals surface area contributed by atoms with E-state index in [0.717, 1.165) is 32.4 Å². The Bertz CT molecular complexity index is 207. The van der Waals surface area contributed by atoms with Gasteiger partial charge in [-0.15, -0.1) is 6.58 Å². The molecule has 2 N–H and O–H groups in total. The summed E-state index contributed by atoms with van der Waals surface area (Å²) in [5, 5.41) is 6.19. The van der Waals surface area contributed by atoms with Crippen molar-refractivity contribution in [3.8, 4) is 0 Å². The smallest absolute Gasteiger partial charge is 0.227 e. The molecule has 0 radical (unpaired) electrons. The molecule has 1 saturated heterocycles. The van der Waals surface area contributed by atoms with Crippen LogP contribution >= 0.6 is 0 Å². The lowest BCUT2D eigenvalue weighted by molar-refractivity contribution is -0.132. The highest BCUT2D eigenvalue weighted by molar-refractivity contribution is 5.83. The Morgan fingerprint density at radius 1 is 1.71 bits per heavy atom. The Morgan fingerprint density at radius 3 is 3.00 bits per heavy atom. The highest BCUT2D eigenvalue weighted by Crippen LogP contribution is 2.29. The first kappa shape index (κ1) is 11.2. The molecule has 1 rings (SSSR count). The average molecular weight is 196 g/mol. The molecule has 1 aliphatic heterocycles. The number of nitrogens with one attached hydrogen (secondary N) is 2. The Balaban J connectivity index is 2.57. The third-order valence-electron chi connectivity index (χ3n) is 3.04. The summed E-state index contributed by atoms with van der Waals surface area (Å²) in [7, 11) is 0. The van der Waals surface area contributed by atoms with Crippen LogP contribution in [0.1, 0.15) is 26.2 Å². The minimum absolute atomic E-state index is 0.173. The molecule has 1 aliphatic rings. The van der Waals surface area contributed by atoms with E-state index < -0.39 is 0 Å². The zero-order chi connectivity index (χ0) is 10.4. The maximum absolute atomic E-state index is 11.9. The van der Waals surface area contributed by atoms with E-state index in [0.29, 0.717) is 6.54 Å². The fraction of sp³-hybridized carbons (Fsp3) is 0.727. The van der Waals surface area contributed by atoms with Gasteiger partial charge in [-0.3, -0.25) is 4.79 Å². The summed E-state index contributed by atoms with van der Waals surface area (Å²) in [4.78, 5) is 11.9. The molecule has 3 nitrogen and oxygen atoms in total. The van der Waals surface area contributed by atoms with E-state index in [-0.39, 0.29) is 11.3 Å². The van der Waals surface area contributed by atoms with Crippen LogP contribution in [-0.4, -0.2) is 25.5 Å². The van der Waals surface area contributed by atoms with Crippen molar-refractivity contribution < 1.29 is 4.79 Å². The number of rotatable bonds is 4. The third kappa shape index (κ3) is 2.35. The first-order chi connectivity index (χ1) is 6.75. The summed E-state index contributed by atoms with van der Waals surface area (Å²) in [6.45, 7) is 8.10. The quantitative estimate of drug-likeness (QED) is 0.660. The molecular weight excluding hydrogens is 176 g/mol. The maximum atomic E-state index is 11.9. The first-order valence-corrected chi connectivity index (χ1v) is 5.35. The SMILES string of the molecule is C=CCNC(=O)C1(CC)CCCNC1. The molecule has 0 saturated carbocycles. The second kappa shape index (κ2) is 5.15. The maximum Gasteiger partial charge on any atom is 0.227 e. The standard InChI is InChI=1S/C11H20N2O/c1-3-7-13-10(14)11(4-2)6-5-8-12-9-11/h3,12H,1,4-9H2,2H3,(H,13,14). The molecule has 14 heavy (non-hydrogen) atoms. The highest BCUT2D eigenvalue weighted by atomic mass is 16.2. The molecule has 80 valence electrons. The minimum atomic E-state index is -0.179. The van der Waals surface area contributed by atoms with Crippen molar-refractivity contribution in [3.63, 3.8) is 0 Å². The van der Waals surface area contributed by atoms with Gasteiger partial charge >= 0.3 is 0 Å². The largest absolute Gasteiger partial charge is 0.352 e. The lowest BCUT2D eigenvalue weighted by atomic mass is 9.77. The van der Waals surface area contributed by atoms with Crippen LogP contribution < -0.4 is 10.6 Å². The van der Waals surface area contributed by atoms with E-state index in [2.05, 4.69) is 24.1 Å². The number of hydrogen-bond donors (Lipinski definition) is 2. The fourth-order valence-corrected chi connectivity index (χ4v) is 1.98. The Hall–Kier alpha value is -0.830. The number of carbonyl (C=O) groups excluding carboxylic acids is 1. The molecule has 0 aromatic carbocycles. The molecule has 1 amide bonds. The lowest BCUT2D eigenvalue weighted by Gasteiger charge is -2.35. The van der Waals surface area contributed by atoms with Crippen LogP contribution in [0.2, 0.25) is 0 Å². The summed E-state index contributed by atoms with van der Waals surface area (Å²) in [5.41, 5.74) is -0.179. The van der Waals surface area contributed by atoms with Crippen LogP contribution in [0.4, 0.5) is 0 Å².